The van der Waals surface area contributed by atoms with E-state index < -0.39 is 0 Å². The standard InChI is InChI=1S/C23H40N4O2.HI/c1-4-5-15-28-16-9-14-25-22(24-3)26-19-23(12-17-29-18-13-23)27-20(2)21-10-7-6-8-11-21;/h6-8,10-11,20,27H,4-5,9,12-19H2,1-3H3,(H2,24,25,26);1H. The zero-order valence-corrected chi connectivity index (χ0v) is 21.2. The lowest BCUT2D eigenvalue weighted by Crippen LogP contribution is -2.58. The van der Waals surface area contributed by atoms with E-state index in [0.717, 1.165) is 71.2 Å². The third kappa shape index (κ3) is 9.94. The Morgan fingerprint density at radius 1 is 1.13 bits per heavy atom. The van der Waals surface area contributed by atoms with E-state index in [1.165, 1.54) is 12.0 Å². The summed E-state index contributed by atoms with van der Waals surface area (Å²) in [6.45, 7) is 9.32. The minimum atomic E-state index is -0.00556. The van der Waals surface area contributed by atoms with Gasteiger partial charge in [0, 0.05) is 58.1 Å². The molecule has 0 bridgehead atoms. The summed E-state index contributed by atoms with van der Waals surface area (Å²) in [6.07, 6.45) is 5.26. The Kier molecular flexibility index (Phi) is 14.3. The molecule has 30 heavy (non-hydrogen) atoms. The fraction of sp³-hybridized carbons (Fsp3) is 0.696. The number of unbranched alkanes of at least 4 members (excludes halogenated alkanes) is 1. The van der Waals surface area contributed by atoms with Crippen molar-refractivity contribution < 1.29 is 9.47 Å². The first kappa shape index (κ1) is 27.1. The number of rotatable bonds is 12. The van der Waals surface area contributed by atoms with E-state index in [4.69, 9.17) is 9.47 Å². The molecular weight excluding hydrogens is 491 g/mol. The number of hydrogen-bond donors (Lipinski definition) is 3. The average Bonchev–Trinajstić information content (AvgIpc) is 2.76. The van der Waals surface area contributed by atoms with E-state index in [1.807, 2.05) is 7.05 Å². The molecule has 3 N–H and O–H groups in total. The quantitative estimate of drug-likeness (QED) is 0.165. The van der Waals surface area contributed by atoms with Crippen LogP contribution in [0.1, 0.15) is 57.6 Å². The summed E-state index contributed by atoms with van der Waals surface area (Å²) in [5.41, 5.74) is 1.30. The SMILES string of the molecule is CCCCOCCCNC(=NC)NCC1(NC(C)c2ccccc2)CCOCC1.I. The Morgan fingerprint density at radius 2 is 1.83 bits per heavy atom. The van der Waals surface area contributed by atoms with Gasteiger partial charge in [0.25, 0.3) is 0 Å². The predicted molar refractivity (Wildman–Crippen MR) is 136 cm³/mol. The highest BCUT2D eigenvalue weighted by Gasteiger charge is 2.34. The van der Waals surface area contributed by atoms with Gasteiger partial charge < -0.3 is 25.4 Å². The fourth-order valence-electron chi connectivity index (χ4n) is 3.62. The van der Waals surface area contributed by atoms with Crippen LogP contribution >= 0.6 is 24.0 Å². The molecule has 0 aliphatic carbocycles. The molecule has 7 heteroatoms. The van der Waals surface area contributed by atoms with Crippen LogP contribution < -0.4 is 16.0 Å². The molecule has 1 atom stereocenters. The fourth-order valence-corrected chi connectivity index (χ4v) is 3.62. The molecule has 1 unspecified atom stereocenters. The van der Waals surface area contributed by atoms with Crippen LogP contribution in [0.3, 0.4) is 0 Å². The summed E-state index contributed by atoms with van der Waals surface area (Å²) < 4.78 is 11.3. The molecular formula is C23H41IN4O2. The van der Waals surface area contributed by atoms with Gasteiger partial charge in [-0.25, -0.2) is 0 Å². The predicted octanol–water partition coefficient (Wildman–Crippen LogP) is 3.88. The average molecular weight is 533 g/mol. The van der Waals surface area contributed by atoms with Gasteiger partial charge in [0.15, 0.2) is 5.96 Å². The van der Waals surface area contributed by atoms with Gasteiger partial charge in [-0.2, -0.15) is 0 Å². The van der Waals surface area contributed by atoms with Crippen molar-refractivity contribution >= 4 is 29.9 Å². The minimum absolute atomic E-state index is 0. The highest BCUT2D eigenvalue weighted by atomic mass is 127. The number of hydrogen-bond acceptors (Lipinski definition) is 4. The van der Waals surface area contributed by atoms with Gasteiger partial charge in [0.1, 0.15) is 0 Å². The summed E-state index contributed by atoms with van der Waals surface area (Å²) in [4.78, 5) is 4.38. The lowest BCUT2D eigenvalue weighted by atomic mass is 9.88. The zero-order valence-electron chi connectivity index (χ0n) is 18.9. The molecule has 0 spiro atoms. The molecule has 1 saturated heterocycles. The largest absolute Gasteiger partial charge is 0.381 e. The van der Waals surface area contributed by atoms with Crippen molar-refractivity contribution in [2.45, 2.75) is 57.5 Å². The number of nitrogens with one attached hydrogen (secondary N) is 3. The Bertz CT molecular complexity index is 580. The van der Waals surface area contributed by atoms with Crippen molar-refractivity contribution in [3.05, 3.63) is 35.9 Å². The molecule has 0 radical (unpaired) electrons. The van der Waals surface area contributed by atoms with Gasteiger partial charge in [-0.1, -0.05) is 43.7 Å². The Morgan fingerprint density at radius 3 is 2.50 bits per heavy atom. The van der Waals surface area contributed by atoms with Gasteiger partial charge in [0.05, 0.1) is 0 Å². The number of aliphatic imine (C=N–C) groups is 1. The van der Waals surface area contributed by atoms with Crippen molar-refractivity contribution in [1.82, 2.24) is 16.0 Å². The van der Waals surface area contributed by atoms with E-state index in [9.17, 15) is 0 Å². The molecule has 0 amide bonds. The van der Waals surface area contributed by atoms with Gasteiger partial charge in [-0.05, 0) is 38.2 Å². The van der Waals surface area contributed by atoms with Gasteiger partial charge >= 0.3 is 0 Å². The van der Waals surface area contributed by atoms with Gasteiger partial charge in [-0.15, -0.1) is 24.0 Å². The van der Waals surface area contributed by atoms with Crippen molar-refractivity contribution in [2.24, 2.45) is 4.99 Å². The first-order chi connectivity index (χ1) is 14.2. The summed E-state index contributed by atoms with van der Waals surface area (Å²) in [7, 11) is 1.82. The third-order valence-corrected chi connectivity index (χ3v) is 5.49. The molecule has 1 aliphatic heterocycles. The molecule has 1 fully saturated rings. The van der Waals surface area contributed by atoms with Gasteiger partial charge in [-0.3, -0.25) is 4.99 Å². The highest BCUT2D eigenvalue weighted by Crippen LogP contribution is 2.25. The van der Waals surface area contributed by atoms with Crippen LogP contribution in [0.25, 0.3) is 0 Å². The molecule has 1 heterocycles. The molecule has 1 aromatic rings. The maximum Gasteiger partial charge on any atom is 0.191 e. The van der Waals surface area contributed by atoms with Gasteiger partial charge in [0.2, 0.25) is 0 Å². The maximum absolute atomic E-state index is 5.64. The van der Waals surface area contributed by atoms with E-state index >= 15 is 0 Å². The summed E-state index contributed by atoms with van der Waals surface area (Å²) >= 11 is 0. The lowest BCUT2D eigenvalue weighted by molar-refractivity contribution is 0.0355. The van der Waals surface area contributed by atoms with Crippen LogP contribution in [-0.2, 0) is 9.47 Å². The molecule has 0 saturated carbocycles. The number of nitrogens with zero attached hydrogens (tertiary/aromatic N) is 1. The van der Waals surface area contributed by atoms with Crippen molar-refractivity contribution in [2.75, 3.05) is 46.6 Å². The number of ether oxygens (including phenoxy) is 2. The second kappa shape index (κ2) is 15.8. The number of guanidine groups is 1. The van der Waals surface area contributed by atoms with Crippen LogP contribution in [0.2, 0.25) is 0 Å². The summed E-state index contributed by atoms with van der Waals surface area (Å²) in [5.74, 6) is 0.846. The second-order valence-electron chi connectivity index (χ2n) is 7.84. The monoisotopic (exact) mass is 532 g/mol. The zero-order chi connectivity index (χ0) is 20.8. The van der Waals surface area contributed by atoms with E-state index in [-0.39, 0.29) is 35.6 Å². The summed E-state index contributed by atoms with van der Waals surface area (Å²) in [5, 5.41) is 10.8. The lowest BCUT2D eigenvalue weighted by Gasteiger charge is -2.41. The van der Waals surface area contributed by atoms with Crippen molar-refractivity contribution in [3.8, 4) is 0 Å². The van der Waals surface area contributed by atoms with E-state index in [0.29, 0.717) is 0 Å². The van der Waals surface area contributed by atoms with Crippen molar-refractivity contribution in [1.29, 1.82) is 0 Å². The second-order valence-corrected chi connectivity index (χ2v) is 7.84. The first-order valence-corrected chi connectivity index (χ1v) is 11.1. The maximum atomic E-state index is 5.64. The smallest absolute Gasteiger partial charge is 0.191 e. The highest BCUT2D eigenvalue weighted by molar-refractivity contribution is 14.0. The molecule has 172 valence electrons. The minimum Gasteiger partial charge on any atom is -0.381 e. The van der Waals surface area contributed by atoms with E-state index in [2.05, 4.69) is 65.1 Å². The molecule has 1 aliphatic rings. The number of halogens is 1. The Labute approximate surface area is 200 Å². The summed E-state index contributed by atoms with van der Waals surface area (Å²) in [6, 6.07) is 10.9. The van der Waals surface area contributed by atoms with Crippen molar-refractivity contribution in [3.63, 3.8) is 0 Å². The molecule has 0 aromatic heterocycles. The van der Waals surface area contributed by atoms with Crippen LogP contribution in [-0.4, -0.2) is 58.1 Å². The van der Waals surface area contributed by atoms with E-state index in [1.54, 1.807) is 0 Å². The third-order valence-electron chi connectivity index (χ3n) is 5.49. The topological polar surface area (TPSA) is 66.9 Å². The number of benzene rings is 1. The normalized spacial score (nSPS) is 17.1. The van der Waals surface area contributed by atoms with Crippen LogP contribution in [0.4, 0.5) is 0 Å². The molecule has 1 aromatic carbocycles. The van der Waals surface area contributed by atoms with Crippen LogP contribution in [0.15, 0.2) is 35.3 Å². The Balaban J connectivity index is 0.00000450. The molecule has 6 nitrogen and oxygen atoms in total. The Hall–Kier alpha value is -0.900. The van der Waals surface area contributed by atoms with Crippen LogP contribution in [0, 0.1) is 0 Å². The first-order valence-electron chi connectivity index (χ1n) is 11.1. The molecule has 2 rings (SSSR count). The van der Waals surface area contributed by atoms with Crippen LogP contribution in [0.5, 0.6) is 0 Å².